The third-order valence-corrected chi connectivity index (χ3v) is 5.38. The number of benzene rings is 1. The van der Waals surface area contributed by atoms with Crippen LogP contribution in [0.1, 0.15) is 21.6 Å². The second kappa shape index (κ2) is 7.32. The molecule has 3 aromatic rings. The molecule has 1 aromatic carbocycles. The lowest BCUT2D eigenvalue weighted by molar-refractivity contribution is 0.0729. The van der Waals surface area contributed by atoms with E-state index in [-0.39, 0.29) is 5.91 Å². The zero-order valence-corrected chi connectivity index (χ0v) is 15.8. The lowest BCUT2D eigenvalue weighted by Crippen LogP contribution is -2.36. The summed E-state index contributed by atoms with van der Waals surface area (Å²) in [5.74, 6) is 1.30. The molecule has 2 aromatic heterocycles. The largest absolute Gasteiger partial charge is 0.493 e. The molecule has 0 aliphatic carbocycles. The van der Waals surface area contributed by atoms with Gasteiger partial charge in [-0.15, -0.1) is 11.3 Å². The molecule has 0 spiro atoms. The Balaban J connectivity index is 1.55. The predicted octanol–water partition coefficient (Wildman–Crippen LogP) is 2.82. The molecule has 0 unspecified atom stereocenters. The maximum atomic E-state index is 12.9. The molecule has 1 aliphatic heterocycles. The van der Waals surface area contributed by atoms with Crippen molar-refractivity contribution < 1.29 is 14.3 Å². The highest BCUT2D eigenvalue weighted by Gasteiger charge is 2.25. The molecule has 0 saturated heterocycles. The van der Waals surface area contributed by atoms with Gasteiger partial charge in [-0.2, -0.15) is 0 Å². The second-order valence-electron chi connectivity index (χ2n) is 6.08. The Morgan fingerprint density at radius 3 is 2.63 bits per heavy atom. The molecule has 7 nitrogen and oxygen atoms in total. The zero-order valence-electron chi connectivity index (χ0n) is 15.0. The van der Waals surface area contributed by atoms with E-state index in [0.29, 0.717) is 41.0 Å². The first-order chi connectivity index (χ1) is 13.2. The third-order valence-electron chi connectivity index (χ3n) is 4.51. The topological polar surface area (TPSA) is 77.4 Å². The van der Waals surface area contributed by atoms with Crippen LogP contribution in [0.3, 0.4) is 0 Å². The van der Waals surface area contributed by atoms with Crippen molar-refractivity contribution in [2.75, 3.05) is 20.8 Å². The summed E-state index contributed by atoms with van der Waals surface area (Å²) >= 11 is 1.39. The van der Waals surface area contributed by atoms with Crippen molar-refractivity contribution in [2.45, 2.75) is 13.0 Å². The molecule has 4 rings (SSSR count). The van der Waals surface area contributed by atoms with Crippen molar-refractivity contribution in [3.63, 3.8) is 0 Å². The molecule has 27 heavy (non-hydrogen) atoms. The van der Waals surface area contributed by atoms with Crippen LogP contribution in [0, 0.1) is 0 Å². The molecule has 0 atom stereocenters. The van der Waals surface area contributed by atoms with Crippen LogP contribution in [-0.2, 0) is 13.0 Å². The number of thiazole rings is 1. The number of ether oxygens (including phenoxy) is 2. The van der Waals surface area contributed by atoms with Crippen LogP contribution in [0.25, 0.3) is 10.7 Å². The number of rotatable bonds is 4. The first-order valence-corrected chi connectivity index (χ1v) is 9.32. The summed E-state index contributed by atoms with van der Waals surface area (Å²) in [6.07, 6.45) is 5.63. The van der Waals surface area contributed by atoms with E-state index in [1.54, 1.807) is 38.2 Å². The van der Waals surface area contributed by atoms with Crippen molar-refractivity contribution >= 4 is 17.2 Å². The first-order valence-electron chi connectivity index (χ1n) is 8.44. The van der Waals surface area contributed by atoms with E-state index in [4.69, 9.17) is 9.47 Å². The van der Waals surface area contributed by atoms with Gasteiger partial charge in [0.25, 0.3) is 5.91 Å². The molecule has 8 heteroatoms. The zero-order chi connectivity index (χ0) is 18.8. The average molecular weight is 382 g/mol. The number of carbonyl (C=O) groups excluding carboxylic acids is 1. The van der Waals surface area contributed by atoms with Crippen LogP contribution in [0.4, 0.5) is 0 Å². The highest BCUT2D eigenvalue weighted by atomic mass is 32.1. The van der Waals surface area contributed by atoms with Crippen molar-refractivity contribution in [1.82, 2.24) is 19.9 Å². The lowest BCUT2D eigenvalue weighted by Gasteiger charge is -2.29. The van der Waals surface area contributed by atoms with E-state index in [9.17, 15) is 4.79 Å². The minimum Gasteiger partial charge on any atom is -0.493 e. The molecule has 138 valence electrons. The van der Waals surface area contributed by atoms with Crippen LogP contribution in [0.5, 0.6) is 11.5 Å². The SMILES string of the molecule is COc1cc2c(cc1OC)CN(C(=O)c1csc(-c3cnccn3)n1)CC2. The molecule has 1 aliphatic rings. The fourth-order valence-electron chi connectivity index (χ4n) is 3.12. The van der Waals surface area contributed by atoms with E-state index in [2.05, 4.69) is 15.0 Å². The van der Waals surface area contributed by atoms with Gasteiger partial charge in [-0.05, 0) is 29.7 Å². The Kier molecular flexibility index (Phi) is 4.72. The van der Waals surface area contributed by atoms with Crippen molar-refractivity contribution in [3.8, 4) is 22.2 Å². The maximum Gasteiger partial charge on any atom is 0.273 e. The maximum absolute atomic E-state index is 12.9. The van der Waals surface area contributed by atoms with Gasteiger partial charge in [0.2, 0.25) is 0 Å². The van der Waals surface area contributed by atoms with Crippen LogP contribution in [0.2, 0.25) is 0 Å². The van der Waals surface area contributed by atoms with Gasteiger partial charge < -0.3 is 14.4 Å². The summed E-state index contributed by atoms with van der Waals surface area (Å²) in [4.78, 5) is 27.5. The van der Waals surface area contributed by atoms with Crippen LogP contribution in [0.15, 0.2) is 36.1 Å². The van der Waals surface area contributed by atoms with Gasteiger partial charge in [-0.3, -0.25) is 14.8 Å². The number of fused-ring (bicyclic) bond motifs is 1. The number of hydrogen-bond acceptors (Lipinski definition) is 7. The highest BCUT2D eigenvalue weighted by molar-refractivity contribution is 7.13. The fourth-order valence-corrected chi connectivity index (χ4v) is 3.87. The molecule has 0 saturated carbocycles. The standard InChI is InChI=1S/C19H18N4O3S/c1-25-16-7-12-3-6-23(10-13(12)8-17(16)26-2)19(24)15-11-27-18(22-15)14-9-20-4-5-21-14/h4-5,7-9,11H,3,6,10H2,1-2H3. The summed E-state index contributed by atoms with van der Waals surface area (Å²) in [6.45, 7) is 1.16. The monoisotopic (exact) mass is 382 g/mol. The Morgan fingerprint density at radius 1 is 1.15 bits per heavy atom. The summed E-state index contributed by atoms with van der Waals surface area (Å²) in [5.41, 5.74) is 3.35. The Labute approximate surface area is 160 Å². The molecule has 0 radical (unpaired) electrons. The Morgan fingerprint density at radius 2 is 1.93 bits per heavy atom. The summed E-state index contributed by atoms with van der Waals surface area (Å²) in [6, 6.07) is 3.94. The fraction of sp³-hybridized carbons (Fsp3) is 0.263. The van der Waals surface area contributed by atoms with E-state index in [1.165, 1.54) is 16.9 Å². The van der Waals surface area contributed by atoms with Gasteiger partial charge in [-0.1, -0.05) is 0 Å². The number of amides is 1. The smallest absolute Gasteiger partial charge is 0.273 e. The van der Waals surface area contributed by atoms with Gasteiger partial charge in [-0.25, -0.2) is 4.98 Å². The van der Waals surface area contributed by atoms with Gasteiger partial charge >= 0.3 is 0 Å². The molecule has 0 N–H and O–H groups in total. The Hall–Kier alpha value is -3.00. The van der Waals surface area contributed by atoms with E-state index >= 15 is 0 Å². The van der Waals surface area contributed by atoms with Gasteiger partial charge in [0.1, 0.15) is 16.4 Å². The van der Waals surface area contributed by atoms with E-state index < -0.39 is 0 Å². The number of methoxy groups -OCH3 is 2. The minimum absolute atomic E-state index is 0.0816. The summed E-state index contributed by atoms with van der Waals surface area (Å²) in [5, 5.41) is 2.46. The molecule has 0 bridgehead atoms. The van der Waals surface area contributed by atoms with Crippen LogP contribution < -0.4 is 9.47 Å². The van der Waals surface area contributed by atoms with Gasteiger partial charge in [0.15, 0.2) is 11.5 Å². The highest BCUT2D eigenvalue weighted by Crippen LogP contribution is 2.33. The first kappa shape index (κ1) is 17.4. The predicted molar refractivity (Wildman–Crippen MR) is 101 cm³/mol. The third kappa shape index (κ3) is 3.35. The second-order valence-corrected chi connectivity index (χ2v) is 6.94. The van der Waals surface area contributed by atoms with Crippen LogP contribution >= 0.6 is 11.3 Å². The summed E-state index contributed by atoms with van der Waals surface area (Å²) in [7, 11) is 3.24. The van der Waals surface area contributed by atoms with Gasteiger partial charge in [0, 0.05) is 30.9 Å². The molecule has 3 heterocycles. The number of nitrogens with zero attached hydrogens (tertiary/aromatic N) is 4. The van der Waals surface area contributed by atoms with Crippen LogP contribution in [-0.4, -0.2) is 46.5 Å². The summed E-state index contributed by atoms with van der Waals surface area (Å²) < 4.78 is 10.7. The van der Waals surface area contributed by atoms with Crippen molar-refractivity contribution in [2.24, 2.45) is 0 Å². The minimum atomic E-state index is -0.0816. The quantitative estimate of drug-likeness (QED) is 0.691. The number of aromatic nitrogens is 3. The molecular weight excluding hydrogens is 364 g/mol. The number of carbonyl (C=O) groups is 1. The van der Waals surface area contributed by atoms with E-state index in [0.717, 1.165) is 12.0 Å². The lowest BCUT2D eigenvalue weighted by atomic mass is 9.98. The average Bonchev–Trinajstić information content (AvgIpc) is 3.22. The van der Waals surface area contributed by atoms with Crippen molar-refractivity contribution in [1.29, 1.82) is 0 Å². The van der Waals surface area contributed by atoms with Gasteiger partial charge in [0.05, 0.1) is 20.4 Å². The normalized spacial score (nSPS) is 13.2. The van der Waals surface area contributed by atoms with E-state index in [1.807, 2.05) is 17.0 Å². The molecule has 1 amide bonds. The Bertz CT molecular complexity index is 974. The van der Waals surface area contributed by atoms with Crippen molar-refractivity contribution in [3.05, 3.63) is 52.9 Å². The molecular formula is C19H18N4O3S. The molecule has 0 fully saturated rings. The number of hydrogen-bond donors (Lipinski definition) is 0.